The average molecular weight is 640 g/mol. The number of amidine groups is 1. The highest BCUT2D eigenvalue weighted by Crippen LogP contribution is 2.10. The van der Waals surface area contributed by atoms with Crippen LogP contribution >= 0.6 is 0 Å². The lowest BCUT2D eigenvalue weighted by Gasteiger charge is -2.19. The van der Waals surface area contributed by atoms with Crippen LogP contribution in [0.2, 0.25) is 0 Å². The Morgan fingerprint density at radius 3 is 1.91 bits per heavy atom. The predicted molar refractivity (Wildman–Crippen MR) is 162 cm³/mol. The number of amides is 3. The summed E-state index contributed by atoms with van der Waals surface area (Å²) in [7, 11) is 0. The molecule has 1 atom stereocenters. The highest BCUT2D eigenvalue weighted by atomic mass is 16.6. The summed E-state index contributed by atoms with van der Waals surface area (Å²) in [5, 5.41) is 24.0. The number of anilines is 1. The molecule has 0 aromatic heterocycles. The van der Waals surface area contributed by atoms with Gasteiger partial charge in [0.15, 0.2) is 0 Å². The van der Waals surface area contributed by atoms with Crippen LogP contribution in [0.5, 0.6) is 0 Å². The van der Waals surface area contributed by atoms with Crippen LogP contribution in [0.25, 0.3) is 0 Å². The molecule has 0 saturated carbocycles. The molecule has 16 heteroatoms. The molecule has 7 N–H and O–H groups in total. The fourth-order valence-electron chi connectivity index (χ4n) is 3.39. The van der Waals surface area contributed by atoms with E-state index in [0.717, 1.165) is 0 Å². The number of ether oxygens (including phenoxy) is 5. The first kappa shape index (κ1) is 38.9. The predicted octanol–water partition coefficient (Wildman–Crippen LogP) is 0.173. The maximum Gasteiger partial charge on any atom is 0.332 e. The lowest BCUT2D eigenvalue weighted by atomic mass is 10.1. The van der Waals surface area contributed by atoms with Crippen LogP contribution in [0.4, 0.5) is 5.69 Å². The molecule has 252 valence electrons. The third-order valence-electron chi connectivity index (χ3n) is 5.39. The molecule has 0 bridgehead atoms. The van der Waals surface area contributed by atoms with Gasteiger partial charge in [-0.25, -0.2) is 4.79 Å². The normalized spacial score (nSPS) is 11.7. The quantitative estimate of drug-likeness (QED) is 0.0407. The summed E-state index contributed by atoms with van der Waals surface area (Å²) in [5.74, 6) is -3.66. The van der Waals surface area contributed by atoms with Gasteiger partial charge in [-0.2, -0.15) is 0 Å². The summed E-state index contributed by atoms with van der Waals surface area (Å²) < 4.78 is 26.4. The summed E-state index contributed by atoms with van der Waals surface area (Å²) in [6, 6.07) is 4.92. The molecular formula is C29H45N5O11. The van der Waals surface area contributed by atoms with Crippen molar-refractivity contribution in [2.24, 2.45) is 5.73 Å². The number of hydrogen-bond donors (Lipinski definition) is 6. The molecule has 0 unspecified atom stereocenters. The molecule has 0 radical (unpaired) electrons. The number of nitrogens with one attached hydrogen (secondary N) is 4. The van der Waals surface area contributed by atoms with Crippen LogP contribution in [-0.2, 0) is 47.7 Å². The second-order valence-corrected chi connectivity index (χ2v) is 10.5. The molecule has 0 aliphatic rings. The number of esters is 1. The van der Waals surface area contributed by atoms with Crippen molar-refractivity contribution in [1.82, 2.24) is 10.6 Å². The molecule has 0 aliphatic heterocycles. The van der Waals surface area contributed by atoms with Gasteiger partial charge in [-0.05, 0) is 45.0 Å². The van der Waals surface area contributed by atoms with Crippen molar-refractivity contribution < 1.29 is 52.8 Å². The number of carboxylic acids is 1. The summed E-state index contributed by atoms with van der Waals surface area (Å²) in [6.45, 7) is 7.07. The van der Waals surface area contributed by atoms with Crippen molar-refractivity contribution in [3.8, 4) is 0 Å². The Hall–Kier alpha value is -4.12. The zero-order valence-electron chi connectivity index (χ0n) is 26.0. The van der Waals surface area contributed by atoms with Crippen LogP contribution in [0.15, 0.2) is 24.3 Å². The number of carboxylic acid groups (broad SMARTS) is 1. The van der Waals surface area contributed by atoms with E-state index in [9.17, 15) is 24.0 Å². The first-order chi connectivity index (χ1) is 21.3. The van der Waals surface area contributed by atoms with Gasteiger partial charge < -0.3 is 50.5 Å². The molecule has 0 aliphatic carbocycles. The van der Waals surface area contributed by atoms with Gasteiger partial charge in [-0.15, -0.1) is 0 Å². The van der Waals surface area contributed by atoms with E-state index in [1.165, 1.54) is 0 Å². The number of carbonyl (C=O) groups is 5. The van der Waals surface area contributed by atoms with Gasteiger partial charge in [0.05, 0.1) is 52.7 Å². The van der Waals surface area contributed by atoms with E-state index in [4.69, 9.17) is 39.9 Å². The Labute approximate surface area is 262 Å². The van der Waals surface area contributed by atoms with Gasteiger partial charge in [-0.3, -0.25) is 24.6 Å². The molecular weight excluding hydrogens is 594 g/mol. The third kappa shape index (κ3) is 20.5. The Balaban J connectivity index is 2.15. The van der Waals surface area contributed by atoms with Crippen LogP contribution < -0.4 is 21.7 Å². The number of aliphatic carboxylic acids is 1. The van der Waals surface area contributed by atoms with E-state index < -0.39 is 47.7 Å². The fraction of sp³-hybridized carbons (Fsp3) is 0.586. The molecule has 1 aromatic rings. The van der Waals surface area contributed by atoms with Gasteiger partial charge in [0.2, 0.25) is 17.7 Å². The highest BCUT2D eigenvalue weighted by Gasteiger charge is 2.23. The van der Waals surface area contributed by atoms with E-state index in [0.29, 0.717) is 31.1 Å². The minimum atomic E-state index is -1.33. The second kappa shape index (κ2) is 21.6. The molecule has 45 heavy (non-hydrogen) atoms. The molecule has 16 nitrogen and oxygen atoms in total. The van der Waals surface area contributed by atoms with Gasteiger partial charge in [0.1, 0.15) is 24.1 Å². The largest absolute Gasteiger partial charge is 0.481 e. The minimum absolute atomic E-state index is 0.0715. The summed E-state index contributed by atoms with van der Waals surface area (Å²) in [6.07, 6.45) is -1.11. The molecule has 0 fully saturated rings. The van der Waals surface area contributed by atoms with E-state index in [1.54, 1.807) is 45.0 Å². The SMILES string of the molecule is CC(C)(C)OC(=O)COCCOCCOCCOCCNC(=O)[C@H](CC(=O)O)NC(=O)CCC(=O)Nc1ccc(C(=N)N)cc1. The standard InChI is InChI=1S/C29H45N5O11/c1-29(2,3)45-26(39)19-44-17-16-43-15-14-42-13-12-41-11-10-32-28(40)22(18-25(37)38)34-24(36)9-8-23(35)33-21-6-4-20(5-7-21)27(30)31/h4-7,22H,8-19H2,1-3H3,(H3,30,31)(H,32,40)(H,33,35)(H,34,36)(H,37,38)/t22-/m0/s1. The van der Waals surface area contributed by atoms with Crippen molar-refractivity contribution >= 4 is 41.2 Å². The van der Waals surface area contributed by atoms with Gasteiger partial charge in [0, 0.05) is 30.6 Å². The van der Waals surface area contributed by atoms with Crippen molar-refractivity contribution in [2.75, 3.05) is 64.7 Å². The van der Waals surface area contributed by atoms with Crippen molar-refractivity contribution in [1.29, 1.82) is 5.41 Å². The van der Waals surface area contributed by atoms with E-state index >= 15 is 0 Å². The number of hydrogen-bond acceptors (Lipinski definition) is 11. The molecule has 0 heterocycles. The van der Waals surface area contributed by atoms with Crippen LogP contribution in [0, 0.1) is 5.41 Å². The zero-order valence-corrected chi connectivity index (χ0v) is 26.0. The second-order valence-electron chi connectivity index (χ2n) is 10.5. The van der Waals surface area contributed by atoms with E-state index in [1.807, 2.05) is 0 Å². The minimum Gasteiger partial charge on any atom is -0.481 e. The summed E-state index contributed by atoms with van der Waals surface area (Å²) in [4.78, 5) is 59.6. The first-order valence-corrected chi connectivity index (χ1v) is 14.3. The zero-order chi connectivity index (χ0) is 33.7. The Morgan fingerprint density at radius 1 is 0.844 bits per heavy atom. The number of nitrogens with two attached hydrogens (primary N) is 1. The summed E-state index contributed by atoms with van der Waals surface area (Å²) >= 11 is 0. The lowest BCUT2D eigenvalue weighted by Crippen LogP contribution is -2.48. The van der Waals surface area contributed by atoms with Crippen molar-refractivity contribution in [2.45, 2.75) is 51.7 Å². The van der Waals surface area contributed by atoms with E-state index in [-0.39, 0.29) is 58.3 Å². The van der Waals surface area contributed by atoms with E-state index in [2.05, 4.69) is 16.0 Å². The highest BCUT2D eigenvalue weighted by molar-refractivity contribution is 5.97. The summed E-state index contributed by atoms with van der Waals surface area (Å²) in [5.41, 5.74) is 5.77. The van der Waals surface area contributed by atoms with Gasteiger partial charge in [-0.1, -0.05) is 0 Å². The van der Waals surface area contributed by atoms with Crippen LogP contribution in [0.1, 0.15) is 45.6 Å². The average Bonchev–Trinajstić information content (AvgIpc) is 2.95. The molecule has 1 rings (SSSR count). The molecule has 0 saturated heterocycles. The van der Waals surface area contributed by atoms with Crippen LogP contribution in [-0.4, -0.2) is 112 Å². The molecule has 0 spiro atoms. The maximum absolute atomic E-state index is 12.4. The van der Waals surface area contributed by atoms with Gasteiger partial charge >= 0.3 is 11.9 Å². The topological polar surface area (TPSA) is 238 Å². The smallest absolute Gasteiger partial charge is 0.332 e. The van der Waals surface area contributed by atoms with Crippen molar-refractivity contribution in [3.63, 3.8) is 0 Å². The third-order valence-corrected chi connectivity index (χ3v) is 5.39. The van der Waals surface area contributed by atoms with Crippen LogP contribution in [0.3, 0.4) is 0 Å². The number of rotatable bonds is 23. The number of nitrogen functional groups attached to an aromatic ring is 1. The monoisotopic (exact) mass is 639 g/mol. The fourth-order valence-corrected chi connectivity index (χ4v) is 3.39. The first-order valence-electron chi connectivity index (χ1n) is 14.3. The van der Waals surface area contributed by atoms with Crippen molar-refractivity contribution in [3.05, 3.63) is 29.8 Å². The van der Waals surface area contributed by atoms with Gasteiger partial charge in [0.25, 0.3) is 0 Å². The number of benzene rings is 1. The Morgan fingerprint density at radius 2 is 1.38 bits per heavy atom. The lowest BCUT2D eigenvalue weighted by molar-refractivity contribution is -0.160. The number of carbonyl (C=O) groups excluding carboxylic acids is 4. The maximum atomic E-state index is 12.4. The molecule has 1 aromatic carbocycles. The Kier molecular flexibility index (Phi) is 18.6. The molecule has 3 amide bonds. The Bertz CT molecular complexity index is 1110.